The first-order valence-corrected chi connectivity index (χ1v) is 9.38. The Kier molecular flexibility index (Phi) is 3.76. The van der Waals surface area contributed by atoms with Gasteiger partial charge in [-0.25, -0.2) is 0 Å². The highest BCUT2D eigenvalue weighted by molar-refractivity contribution is 8.05. The van der Waals surface area contributed by atoms with E-state index in [9.17, 15) is 4.79 Å². The number of allylic oxidation sites excluding steroid dienone is 1. The average Bonchev–Trinajstić information content (AvgIpc) is 3.08. The monoisotopic (exact) mass is 351 g/mol. The molecule has 0 aliphatic carbocycles. The molecular weight excluding hydrogens is 330 g/mol. The summed E-state index contributed by atoms with van der Waals surface area (Å²) < 4.78 is 2.34. The Morgan fingerprint density at radius 1 is 1.16 bits per heavy atom. The minimum absolute atomic E-state index is 0.152. The highest BCUT2D eigenvalue weighted by Gasteiger charge is 2.31. The Balaban J connectivity index is 1.93. The van der Waals surface area contributed by atoms with Gasteiger partial charge in [0.2, 0.25) is 0 Å². The van der Waals surface area contributed by atoms with Crippen LogP contribution in [-0.4, -0.2) is 15.8 Å². The molecule has 1 unspecified atom stereocenters. The van der Waals surface area contributed by atoms with Crippen molar-refractivity contribution in [2.45, 2.75) is 32.7 Å². The Morgan fingerprint density at radius 3 is 2.56 bits per heavy atom. The lowest BCUT2D eigenvalue weighted by Gasteiger charge is -2.25. The zero-order valence-corrected chi connectivity index (χ0v) is 15.4. The number of nitrogens with two attached hydrogens (primary N) is 1. The van der Waals surface area contributed by atoms with Gasteiger partial charge in [0.25, 0.3) is 5.91 Å². The lowest BCUT2D eigenvalue weighted by atomic mass is 10.1. The van der Waals surface area contributed by atoms with Crippen LogP contribution in [0.25, 0.3) is 21.8 Å². The molecule has 4 rings (SSSR count). The van der Waals surface area contributed by atoms with Crippen molar-refractivity contribution >= 4 is 45.2 Å². The number of benzene rings is 2. The Hall–Kier alpha value is -2.40. The van der Waals surface area contributed by atoms with Crippen LogP contribution >= 0.6 is 11.8 Å². The number of thioether (sulfide) groups is 1. The van der Waals surface area contributed by atoms with Crippen molar-refractivity contribution in [1.29, 1.82) is 0 Å². The van der Waals surface area contributed by atoms with Crippen LogP contribution in [0.2, 0.25) is 0 Å². The second-order valence-electron chi connectivity index (χ2n) is 6.33. The molecule has 5 heteroatoms. The van der Waals surface area contributed by atoms with Gasteiger partial charge in [0.1, 0.15) is 0 Å². The van der Waals surface area contributed by atoms with Crippen LogP contribution in [0.15, 0.2) is 53.1 Å². The summed E-state index contributed by atoms with van der Waals surface area (Å²) in [5.74, 6) is -0.347. The number of hydrogen-bond acceptors (Lipinski definition) is 3. The van der Waals surface area contributed by atoms with Crippen LogP contribution in [0.4, 0.5) is 5.69 Å². The van der Waals surface area contributed by atoms with Crippen LogP contribution in [0, 0.1) is 0 Å². The standard InChI is InChI=1S/C20H21N3OS/c1-4-22-17-8-6-5-7-15(17)16-11-14(9-10-18(16)22)23-12(2)19(20(21)24)25-13(23)3/h5-11,13H,4H2,1-3H3,(H2,21,24). The fourth-order valence-corrected chi connectivity index (χ4v) is 4.97. The second-order valence-corrected chi connectivity index (χ2v) is 7.65. The van der Waals surface area contributed by atoms with Crippen molar-refractivity contribution in [3.63, 3.8) is 0 Å². The molecule has 2 N–H and O–H groups in total. The highest BCUT2D eigenvalue weighted by atomic mass is 32.2. The maximum atomic E-state index is 11.7. The van der Waals surface area contributed by atoms with E-state index in [1.807, 2.05) is 6.92 Å². The van der Waals surface area contributed by atoms with Gasteiger partial charge in [-0.05, 0) is 45.0 Å². The number of primary amides is 1. The van der Waals surface area contributed by atoms with Crippen LogP contribution in [0.5, 0.6) is 0 Å². The summed E-state index contributed by atoms with van der Waals surface area (Å²) in [5.41, 5.74) is 10.1. The molecule has 128 valence electrons. The van der Waals surface area contributed by atoms with E-state index < -0.39 is 0 Å². The molecule has 1 aromatic heterocycles. The van der Waals surface area contributed by atoms with Crippen molar-refractivity contribution in [2.75, 3.05) is 4.90 Å². The van der Waals surface area contributed by atoms with Crippen LogP contribution in [0.1, 0.15) is 20.8 Å². The lowest BCUT2D eigenvalue weighted by Crippen LogP contribution is -2.24. The summed E-state index contributed by atoms with van der Waals surface area (Å²) in [6.07, 6.45) is 0. The van der Waals surface area contributed by atoms with Crippen molar-refractivity contribution in [3.8, 4) is 0 Å². The zero-order valence-electron chi connectivity index (χ0n) is 14.6. The minimum Gasteiger partial charge on any atom is -0.365 e. The predicted molar refractivity (Wildman–Crippen MR) is 107 cm³/mol. The fraction of sp³-hybridized carbons (Fsp3) is 0.250. The normalized spacial score (nSPS) is 17.9. The summed E-state index contributed by atoms with van der Waals surface area (Å²) in [7, 11) is 0. The first kappa shape index (κ1) is 16.1. The van der Waals surface area contributed by atoms with E-state index in [1.165, 1.54) is 33.6 Å². The summed E-state index contributed by atoms with van der Waals surface area (Å²) >= 11 is 1.53. The highest BCUT2D eigenvalue weighted by Crippen LogP contribution is 2.42. The summed E-state index contributed by atoms with van der Waals surface area (Å²) in [5, 5.41) is 2.66. The number of aromatic nitrogens is 1. The summed E-state index contributed by atoms with van der Waals surface area (Å²) in [4.78, 5) is 14.5. The van der Waals surface area contributed by atoms with Crippen molar-refractivity contribution in [1.82, 2.24) is 4.57 Å². The molecule has 1 atom stereocenters. The van der Waals surface area contributed by atoms with Crippen molar-refractivity contribution < 1.29 is 4.79 Å². The molecule has 4 nitrogen and oxygen atoms in total. The van der Waals surface area contributed by atoms with Crippen molar-refractivity contribution in [2.24, 2.45) is 5.73 Å². The molecular formula is C20H21N3OS. The molecule has 0 fully saturated rings. The first-order valence-electron chi connectivity index (χ1n) is 8.50. The molecule has 0 bridgehead atoms. The maximum absolute atomic E-state index is 11.7. The molecule has 1 aliphatic heterocycles. The van der Waals surface area contributed by atoms with Gasteiger partial charge >= 0.3 is 0 Å². The van der Waals surface area contributed by atoms with E-state index in [1.54, 1.807) is 0 Å². The van der Waals surface area contributed by atoms with Gasteiger partial charge in [-0.2, -0.15) is 0 Å². The molecule has 1 amide bonds. The van der Waals surface area contributed by atoms with Gasteiger partial charge in [0, 0.05) is 39.7 Å². The van der Waals surface area contributed by atoms with Crippen LogP contribution < -0.4 is 10.6 Å². The number of anilines is 1. The topological polar surface area (TPSA) is 51.3 Å². The number of carbonyl (C=O) groups is 1. The molecule has 2 heterocycles. The minimum atomic E-state index is -0.347. The molecule has 2 aromatic carbocycles. The SMILES string of the molecule is CCn1c2ccccc2c2cc(N3C(C)=C(C(N)=O)SC3C)ccc21. The Bertz CT molecular complexity index is 1030. The van der Waals surface area contributed by atoms with E-state index in [2.05, 4.69) is 65.8 Å². The number of fused-ring (bicyclic) bond motifs is 3. The number of carbonyl (C=O) groups excluding carboxylic acids is 1. The van der Waals surface area contributed by atoms with Gasteiger partial charge < -0.3 is 15.2 Å². The largest absolute Gasteiger partial charge is 0.365 e. The molecule has 25 heavy (non-hydrogen) atoms. The predicted octanol–water partition coefficient (Wildman–Crippen LogP) is 4.43. The summed E-state index contributed by atoms with van der Waals surface area (Å²) in [6.45, 7) is 7.18. The number of aryl methyl sites for hydroxylation is 1. The lowest BCUT2D eigenvalue weighted by molar-refractivity contribution is -0.113. The van der Waals surface area contributed by atoms with E-state index >= 15 is 0 Å². The molecule has 3 aromatic rings. The van der Waals surface area contributed by atoms with Gasteiger partial charge in [0.15, 0.2) is 0 Å². The third-order valence-corrected chi connectivity index (χ3v) is 6.20. The third-order valence-electron chi connectivity index (χ3n) is 4.92. The van der Waals surface area contributed by atoms with Gasteiger partial charge in [-0.15, -0.1) is 0 Å². The van der Waals surface area contributed by atoms with Crippen LogP contribution in [0.3, 0.4) is 0 Å². The Labute approximate surface area is 151 Å². The van der Waals surface area contributed by atoms with Crippen molar-refractivity contribution in [3.05, 3.63) is 53.1 Å². The smallest absolute Gasteiger partial charge is 0.256 e. The quantitative estimate of drug-likeness (QED) is 0.759. The molecule has 1 aliphatic rings. The molecule has 0 radical (unpaired) electrons. The molecule has 0 saturated carbocycles. The summed E-state index contributed by atoms with van der Waals surface area (Å²) in [6, 6.07) is 15.1. The zero-order chi connectivity index (χ0) is 17.7. The van der Waals surface area contributed by atoms with E-state index in [-0.39, 0.29) is 11.3 Å². The molecule has 0 spiro atoms. The number of rotatable bonds is 3. The van der Waals surface area contributed by atoms with E-state index in [0.717, 1.165) is 17.9 Å². The maximum Gasteiger partial charge on any atom is 0.256 e. The molecule has 0 saturated heterocycles. The number of amides is 1. The van der Waals surface area contributed by atoms with Crippen LogP contribution in [-0.2, 0) is 11.3 Å². The first-order chi connectivity index (χ1) is 12.0. The van der Waals surface area contributed by atoms with E-state index in [0.29, 0.717) is 4.91 Å². The van der Waals surface area contributed by atoms with Gasteiger partial charge in [-0.3, -0.25) is 4.79 Å². The average molecular weight is 351 g/mol. The third kappa shape index (κ3) is 2.34. The number of nitrogens with zero attached hydrogens (tertiary/aromatic N) is 2. The van der Waals surface area contributed by atoms with Gasteiger partial charge in [0.05, 0.1) is 10.3 Å². The second kappa shape index (κ2) is 5.85. The number of para-hydroxylation sites is 1. The van der Waals surface area contributed by atoms with Gasteiger partial charge in [-0.1, -0.05) is 30.0 Å². The Morgan fingerprint density at radius 2 is 1.88 bits per heavy atom. The fourth-order valence-electron chi connectivity index (χ4n) is 3.86. The number of hydrogen-bond donors (Lipinski definition) is 1. The van der Waals surface area contributed by atoms with E-state index in [4.69, 9.17) is 5.73 Å².